The molecule has 1 heterocycles. The predicted octanol–water partition coefficient (Wildman–Crippen LogP) is 4.86. The number of carbonyl (C=O) groups excluding carboxylic acids is 1. The van der Waals surface area contributed by atoms with Crippen LogP contribution in [0.15, 0.2) is 18.3 Å². The van der Waals surface area contributed by atoms with Gasteiger partial charge in [0.25, 0.3) is 0 Å². The maximum atomic E-state index is 12.6. The van der Waals surface area contributed by atoms with Gasteiger partial charge in [-0.25, -0.2) is 9.78 Å². The van der Waals surface area contributed by atoms with E-state index in [2.05, 4.69) is 32.0 Å². The van der Waals surface area contributed by atoms with Crippen LogP contribution in [0.4, 0.5) is 16.6 Å². The number of aromatic nitrogens is 2. The topological polar surface area (TPSA) is 151 Å². The number of rotatable bonds is 10. The number of methoxy groups -OCH3 is 2. The zero-order valence-corrected chi connectivity index (χ0v) is 25.1. The van der Waals surface area contributed by atoms with E-state index in [1.54, 1.807) is 18.3 Å². The molecule has 11 heteroatoms. The summed E-state index contributed by atoms with van der Waals surface area (Å²) < 4.78 is 16.1. The average Bonchev–Trinajstić information content (AvgIpc) is 2.93. The van der Waals surface area contributed by atoms with Crippen molar-refractivity contribution in [3.05, 3.63) is 29.5 Å². The van der Waals surface area contributed by atoms with E-state index in [0.717, 1.165) is 44.2 Å². The first-order valence-corrected chi connectivity index (χ1v) is 14.7. The molecule has 1 aromatic heterocycles. The Hall–Kier alpha value is -3.94. The molecule has 11 nitrogen and oxygen atoms in total. The number of alkyl carbamates (subject to hydrolysis) is 1. The van der Waals surface area contributed by atoms with Crippen LogP contribution in [0.5, 0.6) is 17.2 Å². The van der Waals surface area contributed by atoms with Crippen LogP contribution in [0.25, 0.3) is 0 Å². The fraction of sp³-hybridized carbons (Fsp3) is 0.613. The molecule has 42 heavy (non-hydrogen) atoms. The zero-order valence-electron chi connectivity index (χ0n) is 25.1. The molecule has 3 unspecified atom stereocenters. The molecule has 5 atom stereocenters. The number of anilines is 2. The minimum atomic E-state index is -0.516. The smallest absolute Gasteiger partial charge is 0.407 e. The van der Waals surface area contributed by atoms with Crippen LogP contribution in [0.1, 0.15) is 64.0 Å². The summed E-state index contributed by atoms with van der Waals surface area (Å²) in [5, 5.41) is 29.8. The summed E-state index contributed by atoms with van der Waals surface area (Å²) >= 11 is 0. The summed E-state index contributed by atoms with van der Waals surface area (Å²) in [4.78, 5) is 21.5. The number of carbonyl (C=O) groups is 1. The first-order chi connectivity index (χ1) is 20.0. The third-order valence-corrected chi connectivity index (χ3v) is 8.86. The molecule has 4 N–H and O–H groups in total. The summed E-state index contributed by atoms with van der Waals surface area (Å²) in [6.45, 7) is 6.92. The molecule has 0 aliphatic heterocycles. The fourth-order valence-corrected chi connectivity index (χ4v) is 7.45. The van der Waals surface area contributed by atoms with Gasteiger partial charge in [0, 0.05) is 19.1 Å². The van der Waals surface area contributed by atoms with Crippen molar-refractivity contribution >= 4 is 17.9 Å². The highest BCUT2D eigenvalue weighted by Crippen LogP contribution is 2.60. The Morgan fingerprint density at radius 2 is 1.79 bits per heavy atom. The number of nitrogens with one attached hydrogen (secondary N) is 3. The lowest BCUT2D eigenvalue weighted by atomic mass is 9.48. The van der Waals surface area contributed by atoms with Gasteiger partial charge < -0.3 is 35.3 Å². The average molecular weight is 579 g/mol. The van der Waals surface area contributed by atoms with Gasteiger partial charge in [0.1, 0.15) is 23.1 Å². The molecule has 4 aliphatic carbocycles. The van der Waals surface area contributed by atoms with Gasteiger partial charge in [-0.3, -0.25) is 0 Å². The van der Waals surface area contributed by atoms with Crippen LogP contribution in [0, 0.1) is 34.5 Å². The molecule has 1 amide bonds. The Morgan fingerprint density at radius 3 is 2.38 bits per heavy atom. The number of hydrogen-bond acceptors (Lipinski definition) is 10. The van der Waals surface area contributed by atoms with Crippen LogP contribution in [0.2, 0.25) is 0 Å². The Morgan fingerprint density at radius 1 is 1.12 bits per heavy atom. The lowest BCUT2D eigenvalue weighted by molar-refractivity contribution is -0.0703. The first kappa shape index (κ1) is 29.5. The van der Waals surface area contributed by atoms with Crippen molar-refractivity contribution in [2.45, 2.75) is 70.9 Å². The number of benzene rings is 1. The van der Waals surface area contributed by atoms with Gasteiger partial charge in [-0.2, -0.15) is 10.2 Å². The maximum absolute atomic E-state index is 12.6. The number of phenolic OH excluding ortho intramolecular Hbond substituents is 1. The number of ether oxygens (including phenoxy) is 3. The molecule has 0 spiro atoms. The minimum Gasteiger partial charge on any atom is -0.502 e. The Labute approximate surface area is 247 Å². The number of nitrogens with zero attached hydrogens (tertiary/aromatic N) is 3. The lowest BCUT2D eigenvalue weighted by Gasteiger charge is -2.60. The van der Waals surface area contributed by atoms with Crippen molar-refractivity contribution in [3.8, 4) is 23.3 Å². The predicted molar refractivity (Wildman–Crippen MR) is 158 cm³/mol. The molecule has 4 saturated carbocycles. The van der Waals surface area contributed by atoms with Crippen LogP contribution < -0.4 is 25.4 Å². The lowest BCUT2D eigenvalue weighted by Crippen LogP contribution is -2.60. The standard InChI is InChI=1S/C31H42N6O5/c1-30(2,3)42-29(39)36-25-20-8-19-9-21(25)14-31(12-19,13-20)17-35-27-22(15-32)16-34-28(37-27)33-7-6-18-10-23(40-4)26(38)24(11-18)41-5/h10-11,16,19-21,25,38H,6-9,12-14,17H2,1-5H3,(H,36,39)(H2,33,34,35,37)/t19?,20-,21+,25?,31?. The van der Waals surface area contributed by atoms with Gasteiger partial charge in [0.2, 0.25) is 11.7 Å². The van der Waals surface area contributed by atoms with Crippen molar-refractivity contribution in [2.24, 2.45) is 23.2 Å². The van der Waals surface area contributed by atoms with Crippen molar-refractivity contribution in [1.82, 2.24) is 15.3 Å². The number of aromatic hydroxyl groups is 1. The molecule has 2 aromatic rings. The van der Waals surface area contributed by atoms with Crippen LogP contribution >= 0.6 is 0 Å². The Balaban J connectivity index is 1.21. The molecule has 4 aliphatic rings. The summed E-state index contributed by atoms with van der Waals surface area (Å²) in [7, 11) is 3.00. The number of amides is 1. The number of hydrogen-bond donors (Lipinski definition) is 4. The van der Waals surface area contributed by atoms with Crippen molar-refractivity contribution in [1.29, 1.82) is 5.26 Å². The van der Waals surface area contributed by atoms with Gasteiger partial charge in [-0.1, -0.05) is 0 Å². The van der Waals surface area contributed by atoms with Gasteiger partial charge >= 0.3 is 6.09 Å². The van der Waals surface area contributed by atoms with E-state index in [4.69, 9.17) is 14.2 Å². The molecule has 226 valence electrons. The van der Waals surface area contributed by atoms with Crippen molar-refractivity contribution < 1.29 is 24.1 Å². The third kappa shape index (κ3) is 6.42. The van der Waals surface area contributed by atoms with Gasteiger partial charge in [0.05, 0.1) is 20.4 Å². The normalized spacial score (nSPS) is 25.8. The molecule has 4 bridgehead atoms. The SMILES string of the molecule is COc1cc(CCNc2ncc(C#N)c(NCC34CC5C[C@H](C3)C(NC(=O)OC(C)(C)C)[C@@H](C5)C4)n2)cc(OC)c1O. The van der Waals surface area contributed by atoms with Crippen LogP contribution in [0.3, 0.4) is 0 Å². The van der Waals surface area contributed by atoms with Crippen LogP contribution in [-0.2, 0) is 11.2 Å². The van der Waals surface area contributed by atoms with Gasteiger partial charge in [-0.05, 0) is 100 Å². The number of nitriles is 1. The van der Waals surface area contributed by atoms with E-state index in [-0.39, 0.29) is 23.3 Å². The molecule has 0 radical (unpaired) electrons. The monoisotopic (exact) mass is 578 g/mol. The highest BCUT2D eigenvalue weighted by Gasteiger charge is 2.55. The van der Waals surface area contributed by atoms with Crippen molar-refractivity contribution in [2.75, 3.05) is 37.9 Å². The molecule has 4 fully saturated rings. The summed E-state index contributed by atoms with van der Waals surface area (Å²) in [6, 6.07) is 5.91. The molecular weight excluding hydrogens is 536 g/mol. The highest BCUT2D eigenvalue weighted by atomic mass is 16.6. The Bertz CT molecular complexity index is 1310. The number of phenols is 1. The van der Waals surface area contributed by atoms with E-state index in [0.29, 0.717) is 59.5 Å². The van der Waals surface area contributed by atoms with E-state index >= 15 is 0 Å². The van der Waals surface area contributed by atoms with Crippen molar-refractivity contribution in [3.63, 3.8) is 0 Å². The second kappa shape index (κ2) is 11.7. The van der Waals surface area contributed by atoms with Crippen LogP contribution in [-0.4, -0.2) is 60.1 Å². The summed E-state index contributed by atoms with van der Waals surface area (Å²) in [6.07, 6.45) is 7.34. The fourth-order valence-electron chi connectivity index (χ4n) is 7.45. The molecule has 0 saturated heterocycles. The maximum Gasteiger partial charge on any atom is 0.407 e. The second-order valence-electron chi connectivity index (χ2n) is 13.1. The zero-order chi connectivity index (χ0) is 30.1. The van der Waals surface area contributed by atoms with E-state index in [9.17, 15) is 15.2 Å². The largest absolute Gasteiger partial charge is 0.502 e. The first-order valence-electron chi connectivity index (χ1n) is 14.7. The van der Waals surface area contributed by atoms with Gasteiger partial charge in [0.15, 0.2) is 11.5 Å². The summed E-state index contributed by atoms with van der Waals surface area (Å²) in [5.74, 6) is 3.15. The summed E-state index contributed by atoms with van der Waals surface area (Å²) in [5.41, 5.74) is 0.924. The quantitative estimate of drug-likeness (QED) is 0.308. The Kier molecular flexibility index (Phi) is 8.26. The van der Waals surface area contributed by atoms with E-state index < -0.39 is 5.60 Å². The van der Waals surface area contributed by atoms with E-state index in [1.807, 2.05) is 20.8 Å². The van der Waals surface area contributed by atoms with Gasteiger partial charge in [-0.15, -0.1) is 0 Å². The highest BCUT2D eigenvalue weighted by molar-refractivity contribution is 5.68. The second-order valence-corrected chi connectivity index (χ2v) is 13.1. The van der Waals surface area contributed by atoms with E-state index in [1.165, 1.54) is 14.2 Å². The third-order valence-electron chi connectivity index (χ3n) is 8.86. The molecule has 1 aromatic carbocycles. The minimum absolute atomic E-state index is 0.0308. The molecular formula is C31H42N6O5. The molecule has 6 rings (SSSR count).